The summed E-state index contributed by atoms with van der Waals surface area (Å²) in [4.78, 5) is 14.2. The number of carbonyl (C=O) groups is 1. The number of aromatic nitrogens is 2. The van der Waals surface area contributed by atoms with Gasteiger partial charge in [0.05, 0.1) is 34.6 Å². The average Bonchev–Trinajstić information content (AvgIpc) is 3.08. The number of halogens is 1. The fraction of sp³-hybridized carbons (Fsp3) is 0.375. The summed E-state index contributed by atoms with van der Waals surface area (Å²) in [5.41, 5.74) is 1.92. The van der Waals surface area contributed by atoms with Crippen molar-refractivity contribution in [3.63, 3.8) is 0 Å². The van der Waals surface area contributed by atoms with Crippen molar-refractivity contribution in [2.75, 3.05) is 18.6 Å². The highest BCUT2D eigenvalue weighted by Crippen LogP contribution is 2.22. The smallest absolute Gasteiger partial charge is 0.257 e. The molecule has 128 valence electrons. The molecule has 2 heterocycles. The first-order chi connectivity index (χ1) is 11.3. The van der Waals surface area contributed by atoms with Crippen LogP contribution in [0.4, 0.5) is 0 Å². The van der Waals surface area contributed by atoms with Crippen LogP contribution in [0.3, 0.4) is 0 Å². The summed E-state index contributed by atoms with van der Waals surface area (Å²) in [5, 5.41) is 4.86. The third-order valence-electron chi connectivity index (χ3n) is 4.37. The van der Waals surface area contributed by atoms with Gasteiger partial charge in [-0.1, -0.05) is 17.7 Å². The lowest BCUT2D eigenvalue weighted by Crippen LogP contribution is -2.38. The lowest BCUT2D eigenvalue weighted by atomic mass is 10.1. The van der Waals surface area contributed by atoms with E-state index in [4.69, 9.17) is 11.6 Å². The van der Waals surface area contributed by atoms with Crippen molar-refractivity contribution in [3.8, 4) is 5.69 Å². The summed E-state index contributed by atoms with van der Waals surface area (Å²) >= 11 is 6.01. The Morgan fingerprint density at radius 1 is 1.42 bits per heavy atom. The van der Waals surface area contributed by atoms with Gasteiger partial charge in [0.2, 0.25) is 0 Å². The predicted octanol–water partition coefficient (Wildman–Crippen LogP) is 2.09. The van der Waals surface area contributed by atoms with E-state index in [0.717, 1.165) is 5.69 Å². The van der Waals surface area contributed by atoms with Gasteiger partial charge < -0.3 is 4.90 Å². The van der Waals surface area contributed by atoms with Gasteiger partial charge in [0.1, 0.15) is 0 Å². The van der Waals surface area contributed by atoms with Gasteiger partial charge in [-0.15, -0.1) is 0 Å². The summed E-state index contributed by atoms with van der Waals surface area (Å²) in [7, 11) is -1.40. The first-order valence-corrected chi connectivity index (χ1v) is 9.76. The van der Waals surface area contributed by atoms with E-state index < -0.39 is 9.84 Å². The number of hydrogen-bond acceptors (Lipinski definition) is 4. The van der Waals surface area contributed by atoms with Crippen LogP contribution in [0.5, 0.6) is 0 Å². The molecule has 1 aliphatic rings. The van der Waals surface area contributed by atoms with Crippen molar-refractivity contribution >= 4 is 27.3 Å². The highest BCUT2D eigenvalue weighted by molar-refractivity contribution is 7.91. The van der Waals surface area contributed by atoms with Crippen LogP contribution in [0.1, 0.15) is 22.5 Å². The molecule has 1 fully saturated rings. The second-order valence-electron chi connectivity index (χ2n) is 6.01. The second-order valence-corrected chi connectivity index (χ2v) is 8.67. The molecule has 1 aromatic heterocycles. The molecule has 2 aromatic rings. The maximum Gasteiger partial charge on any atom is 0.257 e. The normalized spacial score (nSPS) is 19.4. The van der Waals surface area contributed by atoms with Crippen LogP contribution in [0.25, 0.3) is 5.69 Å². The Bertz CT molecular complexity index is 892. The predicted molar refractivity (Wildman–Crippen MR) is 92.5 cm³/mol. The molecule has 1 aromatic carbocycles. The van der Waals surface area contributed by atoms with E-state index in [1.54, 1.807) is 30.8 Å². The van der Waals surface area contributed by atoms with E-state index in [9.17, 15) is 13.2 Å². The van der Waals surface area contributed by atoms with E-state index >= 15 is 0 Å². The SMILES string of the molecule is Cc1c(C(=O)N(C)C2CCS(=O)(=O)C2)cnn1-c1cccc(Cl)c1. The van der Waals surface area contributed by atoms with Crippen molar-refractivity contribution in [2.45, 2.75) is 19.4 Å². The highest BCUT2D eigenvalue weighted by Gasteiger charge is 2.33. The number of hydrogen-bond donors (Lipinski definition) is 0. The molecule has 1 atom stereocenters. The Morgan fingerprint density at radius 2 is 2.17 bits per heavy atom. The quantitative estimate of drug-likeness (QED) is 0.832. The molecule has 3 rings (SSSR count). The zero-order valence-electron chi connectivity index (χ0n) is 13.4. The van der Waals surface area contributed by atoms with E-state index in [-0.39, 0.29) is 23.5 Å². The number of benzene rings is 1. The number of amides is 1. The Balaban J connectivity index is 1.87. The summed E-state index contributed by atoms with van der Waals surface area (Å²) in [5.74, 6) is -0.0601. The van der Waals surface area contributed by atoms with Crippen molar-refractivity contribution in [3.05, 3.63) is 46.7 Å². The van der Waals surface area contributed by atoms with Gasteiger partial charge in [-0.3, -0.25) is 4.79 Å². The van der Waals surface area contributed by atoms with Gasteiger partial charge in [-0.05, 0) is 31.5 Å². The monoisotopic (exact) mass is 367 g/mol. The summed E-state index contributed by atoms with van der Waals surface area (Å²) in [6.07, 6.45) is 1.99. The van der Waals surface area contributed by atoms with E-state index in [1.165, 1.54) is 11.1 Å². The van der Waals surface area contributed by atoms with Crippen LogP contribution in [-0.2, 0) is 9.84 Å². The Labute approximate surface area is 145 Å². The summed E-state index contributed by atoms with van der Waals surface area (Å²) < 4.78 is 24.9. The van der Waals surface area contributed by atoms with E-state index in [0.29, 0.717) is 22.7 Å². The van der Waals surface area contributed by atoms with Crippen LogP contribution < -0.4 is 0 Å². The lowest BCUT2D eigenvalue weighted by molar-refractivity contribution is 0.0747. The van der Waals surface area contributed by atoms with Gasteiger partial charge in [-0.2, -0.15) is 5.10 Å². The maximum atomic E-state index is 12.7. The second kappa shape index (κ2) is 6.22. The van der Waals surface area contributed by atoms with E-state index in [1.807, 2.05) is 12.1 Å². The average molecular weight is 368 g/mol. The van der Waals surface area contributed by atoms with Crippen LogP contribution in [0, 0.1) is 6.92 Å². The van der Waals surface area contributed by atoms with Crippen molar-refractivity contribution in [1.82, 2.24) is 14.7 Å². The number of rotatable bonds is 3. The Hall–Kier alpha value is -1.86. The third-order valence-corrected chi connectivity index (χ3v) is 6.35. The summed E-state index contributed by atoms with van der Waals surface area (Å²) in [6, 6.07) is 6.92. The molecule has 0 radical (unpaired) electrons. The molecular weight excluding hydrogens is 350 g/mol. The zero-order valence-corrected chi connectivity index (χ0v) is 15.0. The molecule has 1 saturated heterocycles. The fourth-order valence-electron chi connectivity index (χ4n) is 2.92. The molecule has 1 unspecified atom stereocenters. The van der Waals surface area contributed by atoms with Gasteiger partial charge >= 0.3 is 0 Å². The Morgan fingerprint density at radius 3 is 2.79 bits per heavy atom. The lowest BCUT2D eigenvalue weighted by Gasteiger charge is -2.23. The highest BCUT2D eigenvalue weighted by atomic mass is 35.5. The summed E-state index contributed by atoms with van der Waals surface area (Å²) in [6.45, 7) is 1.81. The molecular formula is C16H18ClN3O3S. The van der Waals surface area contributed by atoms with Gasteiger partial charge in [0, 0.05) is 18.1 Å². The van der Waals surface area contributed by atoms with Crippen molar-refractivity contribution < 1.29 is 13.2 Å². The number of nitrogens with zero attached hydrogens (tertiary/aromatic N) is 3. The Kier molecular flexibility index (Phi) is 4.40. The minimum Gasteiger partial charge on any atom is -0.338 e. The zero-order chi connectivity index (χ0) is 17.5. The van der Waals surface area contributed by atoms with Crippen LogP contribution in [0.15, 0.2) is 30.5 Å². The molecule has 0 spiro atoms. The van der Waals surface area contributed by atoms with Crippen molar-refractivity contribution in [2.24, 2.45) is 0 Å². The molecule has 8 heteroatoms. The van der Waals surface area contributed by atoms with Gasteiger partial charge in [-0.25, -0.2) is 13.1 Å². The fourth-order valence-corrected chi connectivity index (χ4v) is 4.88. The molecule has 1 aliphatic heterocycles. The number of carbonyl (C=O) groups excluding carboxylic acids is 1. The molecule has 24 heavy (non-hydrogen) atoms. The molecule has 0 bridgehead atoms. The van der Waals surface area contributed by atoms with Crippen molar-refractivity contribution in [1.29, 1.82) is 0 Å². The number of sulfone groups is 1. The largest absolute Gasteiger partial charge is 0.338 e. The maximum absolute atomic E-state index is 12.7. The molecule has 1 amide bonds. The van der Waals surface area contributed by atoms with Crippen LogP contribution >= 0.6 is 11.6 Å². The molecule has 0 saturated carbocycles. The van der Waals surface area contributed by atoms with Crippen LogP contribution in [0.2, 0.25) is 5.02 Å². The van der Waals surface area contributed by atoms with Gasteiger partial charge in [0.15, 0.2) is 9.84 Å². The van der Waals surface area contributed by atoms with Gasteiger partial charge in [0.25, 0.3) is 5.91 Å². The minimum atomic E-state index is -3.04. The topological polar surface area (TPSA) is 72.3 Å². The van der Waals surface area contributed by atoms with Crippen LogP contribution in [-0.4, -0.2) is 53.6 Å². The van der Waals surface area contributed by atoms with E-state index in [2.05, 4.69) is 5.10 Å². The standard InChI is InChI=1S/C16H18ClN3O3S/c1-11-15(9-18-20(11)13-5-3-4-12(17)8-13)16(21)19(2)14-6-7-24(22,23)10-14/h3-5,8-9,14H,6-7,10H2,1-2H3. The first-order valence-electron chi connectivity index (χ1n) is 7.56. The first kappa shape index (κ1) is 17.0. The molecule has 6 nitrogen and oxygen atoms in total. The molecule has 0 aliphatic carbocycles. The molecule has 0 N–H and O–H groups in total. The third kappa shape index (κ3) is 3.18. The minimum absolute atomic E-state index is 0.0245.